The monoisotopic (exact) mass is 150 g/mol. The van der Waals surface area contributed by atoms with Crippen molar-refractivity contribution in [3.05, 3.63) is 0 Å². The Morgan fingerprint density at radius 3 is 2.11 bits per heavy atom. The number of hydrogen-bond acceptors (Lipinski definition) is 1. The lowest BCUT2D eigenvalue weighted by atomic mass is 10.5. The molecule has 0 N–H and O–H groups in total. The van der Waals surface area contributed by atoms with E-state index in [0.717, 1.165) is 0 Å². The Kier molecular flexibility index (Phi) is 3.36. The normalized spacial score (nSPS) is 15.7. The van der Waals surface area contributed by atoms with Gasteiger partial charge in [0.2, 0.25) is 8.32 Å². The molecule has 0 amide bonds. The van der Waals surface area contributed by atoms with Crippen molar-refractivity contribution >= 4 is 8.32 Å². The first kappa shape index (κ1) is 9.11. The maximum atomic E-state index is 12.8. The van der Waals surface area contributed by atoms with E-state index in [2.05, 4.69) is 0 Å². The molecule has 0 aliphatic rings. The van der Waals surface area contributed by atoms with Gasteiger partial charge in [-0.05, 0) is 19.5 Å². The SMILES string of the molecule is CCC(F)[Si](C)(C)OC. The van der Waals surface area contributed by atoms with Gasteiger partial charge in [-0.15, -0.1) is 0 Å². The molecule has 3 heteroatoms. The molecular weight excluding hydrogens is 135 g/mol. The lowest BCUT2D eigenvalue weighted by Gasteiger charge is -2.22. The summed E-state index contributed by atoms with van der Waals surface area (Å²) in [5, 5.41) is 0. The third-order valence-electron chi connectivity index (χ3n) is 1.64. The fraction of sp³-hybridized carbons (Fsp3) is 1.00. The van der Waals surface area contributed by atoms with Crippen molar-refractivity contribution in [3.8, 4) is 0 Å². The minimum absolute atomic E-state index is 0.576. The van der Waals surface area contributed by atoms with Crippen molar-refractivity contribution in [1.29, 1.82) is 0 Å². The van der Waals surface area contributed by atoms with Gasteiger partial charge in [-0.25, -0.2) is 4.39 Å². The first-order chi connectivity index (χ1) is 4.04. The van der Waals surface area contributed by atoms with Crippen LogP contribution in [0.25, 0.3) is 0 Å². The third-order valence-corrected chi connectivity index (χ3v) is 4.61. The van der Waals surface area contributed by atoms with Crippen molar-refractivity contribution < 1.29 is 8.82 Å². The zero-order chi connectivity index (χ0) is 7.49. The molecule has 0 fully saturated rings. The molecule has 0 aromatic heterocycles. The second-order valence-corrected chi connectivity index (χ2v) is 6.92. The predicted molar refractivity (Wildman–Crippen MR) is 39.7 cm³/mol. The lowest BCUT2D eigenvalue weighted by molar-refractivity contribution is 0.320. The van der Waals surface area contributed by atoms with E-state index in [9.17, 15) is 4.39 Å². The van der Waals surface area contributed by atoms with Gasteiger partial charge in [-0.2, -0.15) is 0 Å². The Bertz CT molecular complexity index is 85.1. The van der Waals surface area contributed by atoms with Crippen molar-refractivity contribution in [2.45, 2.75) is 32.2 Å². The van der Waals surface area contributed by atoms with Gasteiger partial charge in [0.15, 0.2) is 0 Å². The number of rotatable bonds is 3. The maximum absolute atomic E-state index is 12.8. The molecule has 0 aliphatic carbocycles. The zero-order valence-corrected chi connectivity index (χ0v) is 7.57. The van der Waals surface area contributed by atoms with Crippen LogP contribution in [0.5, 0.6) is 0 Å². The van der Waals surface area contributed by atoms with Gasteiger partial charge in [0, 0.05) is 7.11 Å². The summed E-state index contributed by atoms with van der Waals surface area (Å²) in [4.78, 5) is 0. The van der Waals surface area contributed by atoms with Gasteiger partial charge in [-0.1, -0.05) is 6.92 Å². The molecule has 1 unspecified atom stereocenters. The molecule has 1 atom stereocenters. The second-order valence-electron chi connectivity index (χ2n) is 2.68. The molecular formula is C6H15FOSi. The van der Waals surface area contributed by atoms with Crippen LogP contribution in [0.15, 0.2) is 0 Å². The molecule has 0 spiro atoms. The average molecular weight is 150 g/mol. The highest BCUT2D eigenvalue weighted by Gasteiger charge is 2.31. The van der Waals surface area contributed by atoms with Crippen molar-refractivity contribution in [1.82, 2.24) is 0 Å². The molecule has 56 valence electrons. The Morgan fingerprint density at radius 1 is 1.56 bits per heavy atom. The van der Waals surface area contributed by atoms with Crippen molar-refractivity contribution in [2.24, 2.45) is 0 Å². The summed E-state index contributed by atoms with van der Waals surface area (Å²) in [7, 11) is -0.356. The molecule has 0 saturated carbocycles. The molecule has 0 aromatic carbocycles. The topological polar surface area (TPSA) is 9.23 Å². The second kappa shape index (κ2) is 3.32. The molecule has 9 heavy (non-hydrogen) atoms. The first-order valence-corrected chi connectivity index (χ1v) is 6.22. The van der Waals surface area contributed by atoms with Crippen LogP contribution in [-0.2, 0) is 4.43 Å². The van der Waals surface area contributed by atoms with Crippen LogP contribution in [0.1, 0.15) is 13.3 Å². The Hall–Kier alpha value is 0.107. The van der Waals surface area contributed by atoms with E-state index in [1.165, 1.54) is 0 Å². The van der Waals surface area contributed by atoms with E-state index in [-0.39, 0.29) is 0 Å². The third kappa shape index (κ3) is 2.45. The van der Waals surface area contributed by atoms with Crippen LogP contribution in [-0.4, -0.2) is 21.2 Å². The fourth-order valence-corrected chi connectivity index (χ4v) is 1.86. The molecule has 0 aliphatic heterocycles. The van der Waals surface area contributed by atoms with Crippen LogP contribution in [0.3, 0.4) is 0 Å². The largest absolute Gasteiger partial charge is 0.418 e. The summed E-state index contributed by atoms with van der Waals surface area (Å²) in [5.41, 5.74) is 0. The fourth-order valence-electron chi connectivity index (χ4n) is 0.619. The van der Waals surface area contributed by atoms with E-state index < -0.39 is 14.1 Å². The quantitative estimate of drug-likeness (QED) is 0.560. The summed E-state index contributed by atoms with van der Waals surface area (Å²) in [6.07, 6.45) is 0.576. The number of hydrogen-bond donors (Lipinski definition) is 0. The molecule has 0 radical (unpaired) electrons. The van der Waals surface area contributed by atoms with Gasteiger partial charge in [0.25, 0.3) is 0 Å². The van der Waals surface area contributed by atoms with Gasteiger partial charge >= 0.3 is 0 Å². The standard InChI is InChI=1S/C6H15FOSi/c1-5-6(7)9(3,4)8-2/h6H,5H2,1-4H3. The van der Waals surface area contributed by atoms with Crippen LogP contribution >= 0.6 is 0 Å². The first-order valence-electron chi connectivity index (χ1n) is 3.23. The smallest absolute Gasteiger partial charge is 0.220 e. The van der Waals surface area contributed by atoms with Crippen molar-refractivity contribution in [3.63, 3.8) is 0 Å². The minimum atomic E-state index is -1.95. The molecule has 0 saturated heterocycles. The van der Waals surface area contributed by atoms with Crippen molar-refractivity contribution in [2.75, 3.05) is 7.11 Å². The number of halogens is 1. The Labute approximate surface area is 57.3 Å². The average Bonchev–Trinajstić information content (AvgIpc) is 1.86. The predicted octanol–water partition coefficient (Wildman–Crippen LogP) is 2.13. The van der Waals surface area contributed by atoms with E-state index in [1.807, 2.05) is 20.0 Å². The Morgan fingerprint density at radius 2 is 2.00 bits per heavy atom. The highest BCUT2D eigenvalue weighted by molar-refractivity contribution is 6.72. The van der Waals surface area contributed by atoms with E-state index in [4.69, 9.17) is 4.43 Å². The summed E-state index contributed by atoms with van der Waals surface area (Å²) in [5.74, 6) is -0.720. The molecule has 0 bridgehead atoms. The summed E-state index contributed by atoms with van der Waals surface area (Å²) in [6.45, 7) is 5.63. The Balaban J connectivity index is 3.80. The molecule has 1 nitrogen and oxygen atoms in total. The van der Waals surface area contributed by atoms with Gasteiger partial charge in [0.1, 0.15) is 5.79 Å². The van der Waals surface area contributed by atoms with Crippen LogP contribution < -0.4 is 0 Å². The van der Waals surface area contributed by atoms with Gasteiger partial charge < -0.3 is 4.43 Å². The number of alkyl halides is 1. The summed E-state index contributed by atoms with van der Waals surface area (Å²) < 4.78 is 17.9. The van der Waals surface area contributed by atoms with E-state index in [1.54, 1.807) is 7.11 Å². The van der Waals surface area contributed by atoms with Crippen LogP contribution in [0.2, 0.25) is 13.1 Å². The molecule has 0 heterocycles. The minimum Gasteiger partial charge on any atom is -0.418 e. The van der Waals surface area contributed by atoms with Gasteiger partial charge in [0.05, 0.1) is 0 Å². The van der Waals surface area contributed by atoms with Crippen LogP contribution in [0, 0.1) is 0 Å². The maximum Gasteiger partial charge on any atom is 0.220 e. The molecule has 0 aromatic rings. The molecule has 0 rings (SSSR count). The summed E-state index contributed by atoms with van der Waals surface area (Å²) >= 11 is 0. The highest BCUT2D eigenvalue weighted by Crippen LogP contribution is 2.14. The van der Waals surface area contributed by atoms with E-state index in [0.29, 0.717) is 6.42 Å². The zero-order valence-electron chi connectivity index (χ0n) is 6.57. The van der Waals surface area contributed by atoms with E-state index >= 15 is 0 Å². The highest BCUT2D eigenvalue weighted by atomic mass is 28.4. The van der Waals surface area contributed by atoms with Gasteiger partial charge in [-0.3, -0.25) is 0 Å². The van der Waals surface area contributed by atoms with Crippen LogP contribution in [0.4, 0.5) is 4.39 Å². The lowest BCUT2D eigenvalue weighted by Crippen LogP contribution is -2.40. The summed E-state index contributed by atoms with van der Waals surface area (Å²) in [6, 6.07) is 0.